The number of carbonyl (C=O) groups is 1. The Kier molecular flexibility index (Phi) is 5.31. The lowest BCUT2D eigenvalue weighted by molar-refractivity contribution is -0.359. The molecule has 0 spiro atoms. The topological polar surface area (TPSA) is 69.6 Å². The van der Waals surface area contributed by atoms with Crippen LogP contribution < -0.4 is 5.11 Å². The average molecular weight is 384 g/mol. The number of halogens is 4. The van der Waals surface area contributed by atoms with Crippen LogP contribution in [0.2, 0.25) is 0 Å². The molecule has 1 aromatic carbocycles. The lowest BCUT2D eigenvalue weighted by Gasteiger charge is -2.36. The van der Waals surface area contributed by atoms with E-state index in [4.69, 9.17) is 0 Å². The molecule has 0 fully saturated rings. The van der Waals surface area contributed by atoms with Crippen molar-refractivity contribution < 1.29 is 32.9 Å². The van der Waals surface area contributed by atoms with Crippen molar-refractivity contribution in [1.82, 2.24) is 0 Å². The zero-order chi connectivity index (χ0) is 17.3. The Morgan fingerprint density at radius 2 is 1.91 bits per heavy atom. The number of aliphatic hydroxyl groups is 1. The molecular weight excluding hydrogens is 369 g/mol. The molecule has 0 heterocycles. The normalized spacial score (nSPS) is 17.6. The maximum Gasteiger partial charge on any atom is 0.422 e. The highest BCUT2D eigenvalue weighted by Gasteiger charge is 2.54. The van der Waals surface area contributed by atoms with Gasteiger partial charge in [-0.1, -0.05) is 34.1 Å². The molecule has 0 saturated carbocycles. The van der Waals surface area contributed by atoms with E-state index in [9.17, 15) is 28.2 Å². The third-order valence-electron chi connectivity index (χ3n) is 3.34. The number of carboxylic acid groups (broad SMARTS) is 1. The predicted molar refractivity (Wildman–Crippen MR) is 73.9 cm³/mol. The van der Waals surface area contributed by atoms with Crippen LogP contribution in [0.25, 0.3) is 0 Å². The zero-order valence-corrected chi connectivity index (χ0v) is 13.7. The number of rotatable bonds is 5. The third kappa shape index (κ3) is 3.61. The Morgan fingerprint density at radius 1 is 1.36 bits per heavy atom. The molecule has 0 bridgehead atoms. The summed E-state index contributed by atoms with van der Waals surface area (Å²) in [5.41, 5.74) is -4.29. The summed E-state index contributed by atoms with van der Waals surface area (Å²) in [4.78, 5) is 10.8. The van der Waals surface area contributed by atoms with Gasteiger partial charge in [-0.3, -0.25) is 0 Å². The summed E-state index contributed by atoms with van der Waals surface area (Å²) in [5, 5.41) is 21.2. The smallest absolute Gasteiger partial charge is 0.422 e. The van der Waals surface area contributed by atoms with Crippen molar-refractivity contribution in [1.29, 1.82) is 0 Å². The Labute approximate surface area is 134 Å². The molecule has 124 valence electrons. The second-order valence-electron chi connectivity index (χ2n) is 5.32. The number of hydrogen-bond acceptors (Lipinski definition) is 4. The maximum absolute atomic E-state index is 12.8. The summed E-state index contributed by atoms with van der Waals surface area (Å²) in [6.07, 6.45) is -5.17. The van der Waals surface area contributed by atoms with Gasteiger partial charge in [0.05, 0.1) is 12.6 Å². The zero-order valence-electron chi connectivity index (χ0n) is 12.1. The number of alkyl halides is 3. The Balaban J connectivity index is 3.07. The molecule has 22 heavy (non-hydrogen) atoms. The standard InChI is InChI=1S/C14H16BrF3O4/c1-8-5-4-6-9(10(8)15)12(2,21)7-22-13(3,11(19)20)14(16,17)18/h4-6,21H,7H2,1-3H3,(H,19,20)/p-1. The first kappa shape index (κ1) is 18.9. The highest BCUT2D eigenvalue weighted by Crippen LogP contribution is 2.36. The molecule has 0 amide bonds. The largest absolute Gasteiger partial charge is 0.547 e. The summed E-state index contributed by atoms with van der Waals surface area (Å²) in [5.74, 6) is -2.42. The van der Waals surface area contributed by atoms with E-state index in [-0.39, 0.29) is 5.56 Å². The van der Waals surface area contributed by atoms with Crippen molar-refractivity contribution in [3.05, 3.63) is 33.8 Å². The van der Waals surface area contributed by atoms with E-state index in [0.29, 0.717) is 11.4 Å². The molecule has 1 rings (SSSR count). The molecule has 0 aliphatic carbocycles. The third-order valence-corrected chi connectivity index (χ3v) is 4.40. The Morgan fingerprint density at radius 3 is 2.36 bits per heavy atom. The van der Waals surface area contributed by atoms with Crippen LogP contribution in [-0.2, 0) is 15.1 Å². The minimum absolute atomic E-state index is 0.287. The molecule has 1 aromatic rings. The van der Waals surface area contributed by atoms with Gasteiger partial charge in [-0.15, -0.1) is 0 Å². The number of carboxylic acids is 1. The van der Waals surface area contributed by atoms with E-state index in [1.54, 1.807) is 19.1 Å². The van der Waals surface area contributed by atoms with Gasteiger partial charge in [0.2, 0.25) is 0 Å². The number of carbonyl (C=O) groups excluding carboxylic acids is 1. The van der Waals surface area contributed by atoms with E-state index in [0.717, 1.165) is 5.56 Å². The van der Waals surface area contributed by atoms with Crippen LogP contribution in [-0.4, -0.2) is 29.5 Å². The molecule has 0 aromatic heterocycles. The molecule has 1 N–H and O–H groups in total. The molecule has 0 radical (unpaired) electrons. The van der Waals surface area contributed by atoms with E-state index >= 15 is 0 Å². The van der Waals surface area contributed by atoms with Crippen molar-refractivity contribution in [2.24, 2.45) is 0 Å². The fourth-order valence-electron chi connectivity index (χ4n) is 1.68. The number of ether oxygens (including phenoxy) is 1. The maximum atomic E-state index is 12.8. The summed E-state index contributed by atoms with van der Waals surface area (Å²) in [6, 6.07) is 4.86. The van der Waals surface area contributed by atoms with E-state index in [1.165, 1.54) is 13.0 Å². The highest BCUT2D eigenvalue weighted by atomic mass is 79.9. The SMILES string of the molecule is Cc1cccc(C(C)(O)COC(C)(C(=O)[O-])C(F)(F)F)c1Br. The quantitative estimate of drug-likeness (QED) is 0.844. The van der Waals surface area contributed by atoms with Crippen LogP contribution in [0.1, 0.15) is 25.0 Å². The van der Waals surface area contributed by atoms with Crippen LogP contribution in [0, 0.1) is 6.92 Å². The van der Waals surface area contributed by atoms with Crippen LogP contribution in [0.5, 0.6) is 0 Å². The number of benzene rings is 1. The second kappa shape index (κ2) is 6.17. The first-order chi connectivity index (χ1) is 9.83. The van der Waals surface area contributed by atoms with Crippen LogP contribution in [0.4, 0.5) is 13.2 Å². The van der Waals surface area contributed by atoms with Crippen LogP contribution in [0.15, 0.2) is 22.7 Å². The van der Waals surface area contributed by atoms with Crippen LogP contribution in [0.3, 0.4) is 0 Å². The van der Waals surface area contributed by atoms with E-state index in [2.05, 4.69) is 20.7 Å². The number of aryl methyl sites for hydroxylation is 1. The molecule has 0 aliphatic rings. The molecule has 4 nitrogen and oxygen atoms in total. The molecule has 8 heteroatoms. The van der Waals surface area contributed by atoms with Gasteiger partial charge in [0.15, 0.2) is 5.60 Å². The lowest BCUT2D eigenvalue weighted by atomic mass is 9.95. The summed E-state index contributed by atoms with van der Waals surface area (Å²) in [6.45, 7) is 2.45. The van der Waals surface area contributed by atoms with Gasteiger partial charge in [-0.25, -0.2) is 0 Å². The molecule has 0 aliphatic heterocycles. The van der Waals surface area contributed by atoms with E-state index < -0.39 is 30.0 Å². The summed E-state index contributed by atoms with van der Waals surface area (Å²) in [7, 11) is 0. The fourth-order valence-corrected chi connectivity index (χ4v) is 2.37. The second-order valence-corrected chi connectivity index (χ2v) is 6.11. The van der Waals surface area contributed by atoms with Crippen molar-refractivity contribution in [2.45, 2.75) is 38.1 Å². The van der Waals surface area contributed by atoms with Gasteiger partial charge in [-0.05, 0) is 31.9 Å². The summed E-state index contributed by atoms with van der Waals surface area (Å²) < 4.78 is 43.5. The predicted octanol–water partition coefficient (Wildman–Crippen LogP) is 2.05. The molecule has 2 unspecified atom stereocenters. The number of hydrogen-bond donors (Lipinski definition) is 1. The summed E-state index contributed by atoms with van der Waals surface area (Å²) >= 11 is 3.24. The average Bonchev–Trinajstić information content (AvgIpc) is 2.37. The highest BCUT2D eigenvalue weighted by molar-refractivity contribution is 9.10. The lowest BCUT2D eigenvalue weighted by Crippen LogP contribution is -2.59. The van der Waals surface area contributed by atoms with Crippen molar-refractivity contribution in [2.75, 3.05) is 6.61 Å². The van der Waals surface area contributed by atoms with Gasteiger partial charge in [0, 0.05) is 4.47 Å². The van der Waals surface area contributed by atoms with Gasteiger partial charge in [0.25, 0.3) is 0 Å². The van der Waals surface area contributed by atoms with Crippen molar-refractivity contribution >= 4 is 21.9 Å². The van der Waals surface area contributed by atoms with E-state index in [1.807, 2.05) is 0 Å². The van der Waals surface area contributed by atoms with Crippen LogP contribution >= 0.6 is 15.9 Å². The Hall–Kier alpha value is -1.12. The number of aliphatic carboxylic acids is 1. The van der Waals surface area contributed by atoms with Crippen molar-refractivity contribution in [3.63, 3.8) is 0 Å². The first-order valence-electron chi connectivity index (χ1n) is 6.23. The first-order valence-corrected chi connectivity index (χ1v) is 7.02. The van der Waals surface area contributed by atoms with Crippen molar-refractivity contribution in [3.8, 4) is 0 Å². The molecular formula is C14H15BrF3O4-. The minimum atomic E-state index is -5.17. The Bertz CT molecular complexity index is 572. The molecule has 2 atom stereocenters. The fraction of sp³-hybridized carbons (Fsp3) is 0.500. The van der Waals surface area contributed by atoms with Gasteiger partial charge >= 0.3 is 6.18 Å². The monoisotopic (exact) mass is 383 g/mol. The molecule has 0 saturated heterocycles. The van der Waals surface area contributed by atoms with Gasteiger partial charge < -0.3 is 19.7 Å². The minimum Gasteiger partial charge on any atom is -0.547 e. The van der Waals surface area contributed by atoms with Gasteiger partial charge in [0.1, 0.15) is 5.60 Å². The van der Waals surface area contributed by atoms with Gasteiger partial charge in [-0.2, -0.15) is 13.2 Å².